The van der Waals surface area contributed by atoms with Crippen LogP contribution >= 0.6 is 0 Å². The van der Waals surface area contributed by atoms with Gasteiger partial charge in [0.25, 0.3) is 5.91 Å². The van der Waals surface area contributed by atoms with E-state index >= 15 is 0 Å². The summed E-state index contributed by atoms with van der Waals surface area (Å²) >= 11 is 0. The van der Waals surface area contributed by atoms with Gasteiger partial charge in [-0.2, -0.15) is 5.26 Å². The number of pyridine rings is 1. The number of ether oxygens (including phenoxy) is 1. The molecule has 0 aliphatic carbocycles. The van der Waals surface area contributed by atoms with Gasteiger partial charge in [-0.3, -0.25) is 9.59 Å². The van der Waals surface area contributed by atoms with E-state index in [0.29, 0.717) is 17.9 Å². The van der Waals surface area contributed by atoms with Crippen LogP contribution in [0.25, 0.3) is 10.8 Å². The number of nitriles is 1. The van der Waals surface area contributed by atoms with Crippen molar-refractivity contribution in [3.8, 4) is 11.8 Å². The number of fused-ring (bicyclic) bond motifs is 1. The van der Waals surface area contributed by atoms with E-state index in [9.17, 15) is 9.59 Å². The van der Waals surface area contributed by atoms with Crippen LogP contribution in [0.5, 0.6) is 5.75 Å². The Kier molecular flexibility index (Phi) is 5.41. The summed E-state index contributed by atoms with van der Waals surface area (Å²) in [6, 6.07) is 7.12. The fourth-order valence-electron chi connectivity index (χ4n) is 3.44. The number of rotatable bonds is 5. The molecule has 2 heterocycles. The SMILES string of the molecule is COc1cc2c(N3CCC[C@H](NC(=O)CC#N)C3)nccc2cc1C(N)=O. The van der Waals surface area contributed by atoms with Gasteiger partial charge in [0.2, 0.25) is 5.91 Å². The third-order valence-corrected chi connectivity index (χ3v) is 4.65. The number of carbonyl (C=O) groups is 2. The molecule has 1 aromatic carbocycles. The highest BCUT2D eigenvalue weighted by molar-refractivity contribution is 6.03. The van der Waals surface area contributed by atoms with Crippen LogP contribution in [0.3, 0.4) is 0 Å². The lowest BCUT2D eigenvalue weighted by atomic mass is 10.0. The van der Waals surface area contributed by atoms with Gasteiger partial charge in [0, 0.05) is 30.7 Å². The van der Waals surface area contributed by atoms with E-state index in [-0.39, 0.29) is 18.4 Å². The highest BCUT2D eigenvalue weighted by Crippen LogP contribution is 2.32. The van der Waals surface area contributed by atoms with Crippen molar-refractivity contribution in [3.05, 3.63) is 30.0 Å². The van der Waals surface area contributed by atoms with Gasteiger partial charge in [0.1, 0.15) is 18.0 Å². The largest absolute Gasteiger partial charge is 0.496 e. The molecule has 1 aliphatic rings. The monoisotopic (exact) mass is 367 g/mol. The van der Waals surface area contributed by atoms with E-state index in [1.165, 1.54) is 7.11 Å². The van der Waals surface area contributed by atoms with E-state index < -0.39 is 5.91 Å². The third kappa shape index (κ3) is 3.92. The van der Waals surface area contributed by atoms with Gasteiger partial charge in [0.05, 0.1) is 18.7 Å². The molecular formula is C19H21N5O3. The third-order valence-electron chi connectivity index (χ3n) is 4.65. The minimum atomic E-state index is -0.551. The summed E-state index contributed by atoms with van der Waals surface area (Å²) in [5.41, 5.74) is 5.76. The van der Waals surface area contributed by atoms with Gasteiger partial charge in [0.15, 0.2) is 0 Å². The molecule has 0 bridgehead atoms. The number of hydrogen-bond donors (Lipinski definition) is 2. The van der Waals surface area contributed by atoms with Gasteiger partial charge in [-0.05, 0) is 36.4 Å². The molecule has 1 aromatic heterocycles. The number of hydrogen-bond acceptors (Lipinski definition) is 6. The zero-order chi connectivity index (χ0) is 19.4. The second-order valence-corrected chi connectivity index (χ2v) is 6.46. The predicted octanol–water partition coefficient (Wildman–Crippen LogP) is 1.34. The van der Waals surface area contributed by atoms with Crippen LogP contribution in [0.1, 0.15) is 29.6 Å². The van der Waals surface area contributed by atoms with Crippen LogP contribution in [0.4, 0.5) is 5.82 Å². The number of aromatic nitrogens is 1. The molecule has 1 saturated heterocycles. The Bertz CT molecular complexity index is 921. The Morgan fingerprint density at radius 3 is 3.00 bits per heavy atom. The number of carbonyl (C=O) groups excluding carboxylic acids is 2. The van der Waals surface area contributed by atoms with Crippen molar-refractivity contribution in [1.29, 1.82) is 5.26 Å². The Labute approximate surface area is 156 Å². The van der Waals surface area contributed by atoms with Crippen molar-refractivity contribution in [2.75, 3.05) is 25.1 Å². The average Bonchev–Trinajstić information content (AvgIpc) is 2.66. The number of primary amides is 1. The summed E-state index contributed by atoms with van der Waals surface area (Å²) in [7, 11) is 1.49. The van der Waals surface area contributed by atoms with Crippen molar-refractivity contribution in [3.63, 3.8) is 0 Å². The highest BCUT2D eigenvalue weighted by Gasteiger charge is 2.24. The van der Waals surface area contributed by atoms with Crippen LogP contribution in [-0.2, 0) is 4.79 Å². The highest BCUT2D eigenvalue weighted by atomic mass is 16.5. The first kappa shape index (κ1) is 18.5. The lowest BCUT2D eigenvalue weighted by molar-refractivity contribution is -0.120. The van der Waals surface area contributed by atoms with Crippen LogP contribution in [0, 0.1) is 11.3 Å². The van der Waals surface area contributed by atoms with Crippen LogP contribution in [0.15, 0.2) is 24.4 Å². The molecule has 0 unspecified atom stereocenters. The lowest BCUT2D eigenvalue weighted by Gasteiger charge is -2.34. The van der Waals surface area contributed by atoms with Gasteiger partial charge in [-0.25, -0.2) is 4.98 Å². The standard InChI is InChI=1S/C19H21N5O3/c1-27-16-10-14-12(9-15(16)18(21)26)5-7-22-19(14)24-8-2-3-13(11-24)23-17(25)4-6-20/h5,7,9-10,13H,2-4,8,11H2,1H3,(H2,21,26)(H,23,25)/t13-/m0/s1. The molecule has 140 valence electrons. The normalized spacial score (nSPS) is 16.6. The van der Waals surface area contributed by atoms with E-state index in [1.54, 1.807) is 18.3 Å². The fourth-order valence-corrected chi connectivity index (χ4v) is 3.44. The van der Waals surface area contributed by atoms with Gasteiger partial charge < -0.3 is 20.7 Å². The molecule has 0 spiro atoms. The molecule has 2 aromatic rings. The summed E-state index contributed by atoms with van der Waals surface area (Å²) in [6.45, 7) is 1.40. The van der Waals surface area contributed by atoms with E-state index in [0.717, 1.165) is 36.0 Å². The molecule has 3 rings (SSSR count). The zero-order valence-electron chi connectivity index (χ0n) is 15.1. The smallest absolute Gasteiger partial charge is 0.252 e. The topological polar surface area (TPSA) is 121 Å². The van der Waals surface area contributed by atoms with Gasteiger partial charge in [-0.1, -0.05) is 0 Å². The Morgan fingerprint density at radius 1 is 1.48 bits per heavy atom. The van der Waals surface area contributed by atoms with Crippen LogP contribution < -0.4 is 20.7 Å². The summed E-state index contributed by atoms with van der Waals surface area (Å²) in [5, 5.41) is 13.2. The maximum Gasteiger partial charge on any atom is 0.252 e. The Hall–Kier alpha value is -3.34. The predicted molar refractivity (Wildman–Crippen MR) is 100 cm³/mol. The summed E-state index contributed by atoms with van der Waals surface area (Å²) in [6.07, 6.45) is 3.29. The number of benzene rings is 1. The van der Waals surface area contributed by atoms with Crippen LogP contribution in [-0.4, -0.2) is 43.0 Å². The minimum absolute atomic E-state index is 0.0385. The number of amides is 2. The van der Waals surface area contributed by atoms with Gasteiger partial charge in [-0.15, -0.1) is 0 Å². The van der Waals surface area contributed by atoms with Crippen molar-refractivity contribution >= 4 is 28.4 Å². The van der Waals surface area contributed by atoms with E-state index in [4.69, 9.17) is 15.7 Å². The van der Waals surface area contributed by atoms with Crippen molar-refractivity contribution in [1.82, 2.24) is 10.3 Å². The average molecular weight is 367 g/mol. The molecule has 8 heteroatoms. The molecule has 8 nitrogen and oxygen atoms in total. The molecule has 3 N–H and O–H groups in total. The Morgan fingerprint density at radius 2 is 2.30 bits per heavy atom. The Balaban J connectivity index is 1.93. The second kappa shape index (κ2) is 7.91. The number of nitrogens with zero attached hydrogens (tertiary/aromatic N) is 3. The number of piperidine rings is 1. The molecular weight excluding hydrogens is 346 g/mol. The second-order valence-electron chi connectivity index (χ2n) is 6.46. The van der Waals surface area contributed by atoms with Crippen molar-refractivity contribution in [2.45, 2.75) is 25.3 Å². The summed E-state index contributed by atoms with van der Waals surface area (Å²) in [5.74, 6) is 0.356. The molecule has 0 saturated carbocycles. The molecule has 0 radical (unpaired) electrons. The van der Waals surface area contributed by atoms with Crippen LogP contribution in [0.2, 0.25) is 0 Å². The number of nitrogens with one attached hydrogen (secondary N) is 1. The minimum Gasteiger partial charge on any atom is -0.496 e. The summed E-state index contributed by atoms with van der Waals surface area (Å²) < 4.78 is 5.32. The maximum atomic E-state index is 11.7. The maximum absolute atomic E-state index is 11.7. The summed E-state index contributed by atoms with van der Waals surface area (Å²) in [4.78, 5) is 30.0. The van der Waals surface area contributed by atoms with Gasteiger partial charge >= 0.3 is 0 Å². The number of nitrogens with two attached hydrogens (primary N) is 1. The molecule has 1 fully saturated rings. The quantitative estimate of drug-likeness (QED) is 0.822. The lowest BCUT2D eigenvalue weighted by Crippen LogP contribution is -2.48. The number of anilines is 1. The molecule has 27 heavy (non-hydrogen) atoms. The molecule has 2 amide bonds. The first-order valence-corrected chi connectivity index (χ1v) is 8.71. The van der Waals surface area contributed by atoms with Crippen molar-refractivity contribution in [2.24, 2.45) is 5.73 Å². The molecule has 1 aliphatic heterocycles. The van der Waals surface area contributed by atoms with E-state index in [1.807, 2.05) is 12.1 Å². The van der Waals surface area contributed by atoms with E-state index in [2.05, 4.69) is 15.2 Å². The zero-order valence-corrected chi connectivity index (χ0v) is 15.1. The molecule has 1 atom stereocenters. The first-order chi connectivity index (χ1) is 13.0. The fraction of sp³-hybridized carbons (Fsp3) is 0.368. The van der Waals surface area contributed by atoms with Crippen molar-refractivity contribution < 1.29 is 14.3 Å². The number of methoxy groups -OCH3 is 1. The first-order valence-electron chi connectivity index (χ1n) is 8.71.